The van der Waals surface area contributed by atoms with E-state index in [1.165, 1.54) is 12.1 Å². The highest BCUT2D eigenvalue weighted by atomic mass is 32.2. The maximum Gasteiger partial charge on any atom is 0.326 e. The largest absolute Gasteiger partial charge is 0.508 e. The van der Waals surface area contributed by atoms with Crippen molar-refractivity contribution in [3.05, 3.63) is 42.1 Å². The molecule has 8 amide bonds. The SMILES string of the molecule is C=C(COCCOCCNC(=O)COCCOCCNC(=O)CC[C@H](NC(=O)CCCCCCCCCCCCCCCS(=O)(=O)O)C(=O)O)NCCOCCOCC(=O)NCCOCCOCC(=O)NCCOCCOCC(=O)NCCCC[C@H](CC(=O)CC(C)C)C(=O)C(C)[C@@H](CCCN=C(N)N)C(=O)N[C@@H](Cc1ccc(O)cc1)C(N)=O.[HH].[HH].[HH].[HH].[HH].[HH].[HH].[HH]. The third-order valence-corrected chi connectivity index (χ3v) is 19.1. The highest BCUT2D eigenvalue weighted by Gasteiger charge is 2.36. The van der Waals surface area contributed by atoms with Gasteiger partial charge in [-0.3, -0.25) is 57.5 Å². The third kappa shape index (κ3) is 66.6. The lowest BCUT2D eigenvalue weighted by molar-refractivity contribution is -0.142. The van der Waals surface area contributed by atoms with Gasteiger partial charge in [-0.2, -0.15) is 8.42 Å². The molecule has 120 heavy (non-hydrogen) atoms. The van der Waals surface area contributed by atoms with Gasteiger partial charge in [0.2, 0.25) is 47.3 Å². The number of aliphatic carboxylic acids is 1. The molecule has 0 aliphatic heterocycles. The smallest absolute Gasteiger partial charge is 0.326 e. The highest BCUT2D eigenvalue weighted by Crippen LogP contribution is 2.28. The molecule has 39 heteroatoms. The number of Topliss-reactive ketones (excluding diaryl/α,β-unsaturated/α-hetero) is 2. The number of benzene rings is 1. The van der Waals surface area contributed by atoms with Crippen molar-refractivity contribution in [2.45, 2.75) is 187 Å². The molecule has 0 radical (unpaired) electrons. The summed E-state index contributed by atoms with van der Waals surface area (Å²) >= 11 is 0. The number of unbranched alkanes of at least 4 members (excludes halogenated alkanes) is 13. The Kier molecular flexibility index (Phi) is 66.4. The zero-order chi connectivity index (χ0) is 88.7. The lowest BCUT2D eigenvalue weighted by Gasteiger charge is -2.28. The van der Waals surface area contributed by atoms with E-state index in [0.717, 1.165) is 70.6 Å². The number of hydrogen-bond acceptors (Lipinski definition) is 26. The number of primary amides is 1. The lowest BCUT2D eigenvalue weighted by Crippen LogP contribution is -2.49. The fourth-order valence-electron chi connectivity index (χ4n) is 11.9. The molecule has 0 saturated carbocycles. The topological polar surface area (TPSA) is 562 Å². The van der Waals surface area contributed by atoms with Gasteiger partial charge in [-0.1, -0.05) is 117 Å². The zero-order valence-corrected chi connectivity index (χ0v) is 71.9. The van der Waals surface area contributed by atoms with Crippen LogP contribution >= 0.6 is 0 Å². The van der Waals surface area contributed by atoms with Crippen LogP contribution in [0.3, 0.4) is 0 Å². The van der Waals surface area contributed by atoms with Gasteiger partial charge in [0.1, 0.15) is 55.8 Å². The molecule has 38 nitrogen and oxygen atoms in total. The van der Waals surface area contributed by atoms with E-state index in [9.17, 15) is 71.4 Å². The number of nitrogens with two attached hydrogens (primary N) is 3. The Balaban J connectivity index is -0.00000300. The number of hydrogen-bond donors (Lipinski definition) is 14. The Bertz CT molecular complexity index is 3220. The van der Waals surface area contributed by atoms with E-state index < -0.39 is 57.7 Å². The van der Waals surface area contributed by atoms with Gasteiger partial charge in [0.05, 0.1) is 111 Å². The van der Waals surface area contributed by atoms with Crippen LogP contribution in [0.4, 0.5) is 0 Å². The van der Waals surface area contributed by atoms with Crippen LogP contribution in [0.5, 0.6) is 5.75 Å². The molecule has 0 aromatic heterocycles. The molecule has 0 saturated heterocycles. The first-order chi connectivity index (χ1) is 57.6. The molecule has 1 aromatic rings. The summed E-state index contributed by atoms with van der Waals surface area (Å²) in [5, 5.41) is 41.1. The highest BCUT2D eigenvalue weighted by molar-refractivity contribution is 7.85. The minimum absolute atomic E-state index is 0. The fourth-order valence-corrected chi connectivity index (χ4v) is 12.5. The van der Waals surface area contributed by atoms with Crippen LogP contribution < -0.4 is 59.7 Å². The number of guanidine groups is 1. The van der Waals surface area contributed by atoms with Crippen molar-refractivity contribution >= 4 is 80.9 Å². The van der Waals surface area contributed by atoms with Crippen LogP contribution in [-0.4, -0.2) is 290 Å². The van der Waals surface area contributed by atoms with Gasteiger partial charge in [-0.25, -0.2) is 4.79 Å². The molecule has 0 aliphatic rings. The van der Waals surface area contributed by atoms with Gasteiger partial charge in [0.25, 0.3) is 10.1 Å². The summed E-state index contributed by atoms with van der Waals surface area (Å²) in [7, 11) is -3.86. The number of ether oxygens (including phenoxy) is 10. The first-order valence-electron chi connectivity index (χ1n) is 42.0. The van der Waals surface area contributed by atoms with E-state index in [1.54, 1.807) is 19.1 Å². The summed E-state index contributed by atoms with van der Waals surface area (Å²) < 4.78 is 84.7. The Morgan fingerprint density at radius 3 is 1.30 bits per heavy atom. The van der Waals surface area contributed by atoms with E-state index in [4.69, 9.17) is 69.1 Å². The van der Waals surface area contributed by atoms with Crippen molar-refractivity contribution in [1.29, 1.82) is 0 Å². The third-order valence-electron chi connectivity index (χ3n) is 18.3. The standard InChI is InChI=1S/C81H142N12O26S.8H2/c1-61(2)53-67(95)55-65(77(102)63(4)68(22-20-31-91-81(83)84)79(104)93-70(78(82)103)54-64-24-26-66(94)27-25-64)21-17-18-30-86-73(98)57-116-49-45-113-40-35-90-76(101)60-119-51-46-114-41-36-89-74(99)58-117-48-43-110-37-32-85-62(3)56-115-47-42-112-39-34-88-75(100)59-118-50-44-111-38-33-87-71(96)29-28-69(80(105)106)92-72(97)23-16-14-12-10-8-6-5-7-9-11-13-15-19-52-120(107,108)109;;;;;;;;/h24-27,61,63,65,68-70,85,94H,3,5-23,28-60H2,1-2,4H3,(H2,82,103)(H,86,98)(H,87,96)(H,88,100)(H,89,99)(H,90,101)(H,92,97)(H,93,104)(H,105,106)(H4,83,84,91)(H,107,108,109);8*1H/t63?,65-,68-,69+,70+;;;;;;;;/m1......../s1. The molecule has 0 heterocycles. The first kappa shape index (κ1) is 110. The number of rotatable bonds is 83. The fraction of sp³-hybridized carbons (Fsp3) is 0.753. The second-order valence-corrected chi connectivity index (χ2v) is 30.9. The monoisotopic (exact) mass is 1750 g/mol. The number of aliphatic imine (C=N–C) groups is 1. The van der Waals surface area contributed by atoms with E-state index in [0.29, 0.717) is 76.2 Å². The Morgan fingerprint density at radius 1 is 0.450 bits per heavy atom. The molecular weight excluding hydrogens is 1590 g/mol. The van der Waals surface area contributed by atoms with E-state index in [2.05, 4.69) is 54.1 Å². The molecule has 1 unspecified atom stereocenters. The van der Waals surface area contributed by atoms with Gasteiger partial charge >= 0.3 is 5.97 Å². The minimum Gasteiger partial charge on any atom is -0.508 e. The number of nitrogens with one attached hydrogen (secondary N) is 8. The molecular formula is C81H158N12O26S. The number of ketones is 2. The number of carbonyl (C=O) groups is 11. The van der Waals surface area contributed by atoms with Crippen molar-refractivity contribution in [2.75, 3.05) is 184 Å². The number of amides is 8. The van der Waals surface area contributed by atoms with E-state index >= 15 is 0 Å². The molecule has 704 valence electrons. The van der Waals surface area contributed by atoms with Crippen molar-refractivity contribution in [3.63, 3.8) is 0 Å². The summed E-state index contributed by atoms with van der Waals surface area (Å²) in [6.07, 6.45) is 14.7. The second-order valence-electron chi connectivity index (χ2n) is 29.3. The van der Waals surface area contributed by atoms with Gasteiger partial charge in [0, 0.05) is 113 Å². The van der Waals surface area contributed by atoms with Gasteiger partial charge in [-0.05, 0) is 68.6 Å². The summed E-state index contributed by atoms with van der Waals surface area (Å²) in [6, 6.07) is 3.82. The average molecular weight is 1750 g/mol. The summed E-state index contributed by atoms with van der Waals surface area (Å²) in [5.74, 6) is -7.72. The van der Waals surface area contributed by atoms with Crippen molar-refractivity contribution < 1.29 is 135 Å². The number of aromatic hydroxyl groups is 1. The van der Waals surface area contributed by atoms with Crippen molar-refractivity contribution in [3.8, 4) is 5.75 Å². The van der Waals surface area contributed by atoms with E-state index in [-0.39, 0.29) is 278 Å². The summed E-state index contributed by atoms with van der Waals surface area (Å²) in [4.78, 5) is 143. The Hall–Kier alpha value is -8.09. The van der Waals surface area contributed by atoms with Crippen LogP contribution in [0.25, 0.3) is 0 Å². The summed E-state index contributed by atoms with van der Waals surface area (Å²) in [5.41, 5.74) is 18.0. The number of carboxylic acids is 1. The van der Waals surface area contributed by atoms with E-state index in [1.807, 2.05) is 13.8 Å². The van der Waals surface area contributed by atoms with Crippen LogP contribution in [0.15, 0.2) is 41.5 Å². The number of phenolic OH excluding ortho intramolecular Hbond substituents is 1. The number of nitrogens with zero attached hydrogens (tertiary/aromatic N) is 1. The summed E-state index contributed by atoms with van der Waals surface area (Å²) in [6.45, 7) is 13.9. The normalized spacial score (nSPS) is 12.6. The molecule has 0 spiro atoms. The maximum absolute atomic E-state index is 14.3. The van der Waals surface area contributed by atoms with Crippen molar-refractivity contribution in [2.24, 2.45) is 45.9 Å². The first-order valence-corrected chi connectivity index (χ1v) is 43.7. The van der Waals surface area contributed by atoms with Gasteiger partial charge in [0.15, 0.2) is 5.96 Å². The van der Waals surface area contributed by atoms with Crippen LogP contribution in [-0.2, 0) is 117 Å². The van der Waals surface area contributed by atoms with Crippen LogP contribution in [0, 0.1) is 23.7 Å². The number of carboxylic acid groups (broad SMARTS) is 1. The second kappa shape index (κ2) is 72.5. The maximum atomic E-state index is 14.3. The molecule has 1 rings (SSSR count). The zero-order valence-electron chi connectivity index (χ0n) is 71.1. The minimum atomic E-state index is -3.86. The molecule has 1 aromatic carbocycles. The molecule has 5 atom stereocenters. The average Bonchev–Trinajstić information content (AvgIpc) is 0.837. The lowest BCUT2D eigenvalue weighted by atomic mass is 9.78. The predicted octanol–water partition coefficient (Wildman–Crippen LogP) is 4.09. The number of phenols is 1. The quantitative estimate of drug-likeness (QED) is 0.0189. The van der Waals surface area contributed by atoms with Crippen LogP contribution in [0.1, 0.15) is 185 Å². The van der Waals surface area contributed by atoms with Crippen LogP contribution in [0.2, 0.25) is 0 Å². The molecule has 0 aliphatic carbocycles. The molecule has 17 N–H and O–H groups in total. The van der Waals surface area contributed by atoms with Crippen molar-refractivity contribution in [1.82, 2.24) is 42.5 Å². The Labute approximate surface area is 719 Å². The van der Waals surface area contributed by atoms with Gasteiger partial charge < -0.3 is 117 Å². The van der Waals surface area contributed by atoms with Gasteiger partial charge in [-0.15, -0.1) is 0 Å². The Morgan fingerprint density at radius 2 is 0.867 bits per heavy atom. The molecule has 0 fully saturated rings. The predicted molar refractivity (Wildman–Crippen MR) is 464 cm³/mol. The number of carbonyl (C=O) groups excluding carboxylic acids is 10. The molecule has 0 bridgehead atoms.